The van der Waals surface area contributed by atoms with E-state index in [1.807, 2.05) is 20.8 Å². The van der Waals surface area contributed by atoms with Crippen LogP contribution in [0.2, 0.25) is 0 Å². The summed E-state index contributed by atoms with van der Waals surface area (Å²) in [5, 5.41) is 12.4. The van der Waals surface area contributed by atoms with E-state index in [1.165, 1.54) is 12.1 Å². The number of rotatable bonds is 4. The number of hydrogen-bond donors (Lipinski definition) is 2. The summed E-state index contributed by atoms with van der Waals surface area (Å²) in [6, 6.07) is 4.16. The van der Waals surface area contributed by atoms with E-state index in [0.717, 1.165) is 30.0 Å². The monoisotopic (exact) mass is 275 g/mol. The van der Waals surface area contributed by atoms with Crippen LogP contribution in [0.3, 0.4) is 0 Å². The van der Waals surface area contributed by atoms with E-state index < -0.39 is 5.82 Å². The van der Waals surface area contributed by atoms with Gasteiger partial charge in [0.15, 0.2) is 17.4 Å². The number of aryl methyl sites for hydroxylation is 1. The van der Waals surface area contributed by atoms with Gasteiger partial charge in [-0.2, -0.15) is 0 Å². The number of aromatic nitrogens is 2. The predicted molar refractivity (Wildman–Crippen MR) is 77.4 cm³/mol. The third kappa shape index (κ3) is 2.71. The largest absolute Gasteiger partial charge is 0.505 e. The number of halogens is 1. The lowest BCUT2D eigenvalue weighted by atomic mass is 10.1. The highest BCUT2D eigenvalue weighted by Gasteiger charge is 2.12. The van der Waals surface area contributed by atoms with Crippen molar-refractivity contribution >= 4 is 5.82 Å². The predicted octanol–water partition coefficient (Wildman–Crippen LogP) is 3.29. The summed E-state index contributed by atoms with van der Waals surface area (Å²) in [4.78, 5) is 8.89. The second-order valence-electron chi connectivity index (χ2n) is 4.51. The summed E-state index contributed by atoms with van der Waals surface area (Å²) in [6.45, 7) is 6.72. The van der Waals surface area contributed by atoms with E-state index in [1.54, 1.807) is 6.07 Å². The molecule has 20 heavy (non-hydrogen) atoms. The van der Waals surface area contributed by atoms with E-state index >= 15 is 0 Å². The van der Waals surface area contributed by atoms with E-state index in [2.05, 4.69) is 15.3 Å². The number of aromatic hydroxyl groups is 1. The highest BCUT2D eigenvalue weighted by Crippen LogP contribution is 2.25. The fourth-order valence-corrected chi connectivity index (χ4v) is 2.11. The molecular formula is C15H18FN3O. The molecule has 0 aliphatic rings. The van der Waals surface area contributed by atoms with Crippen LogP contribution < -0.4 is 5.32 Å². The molecule has 0 bridgehead atoms. The number of anilines is 1. The Hall–Kier alpha value is -2.17. The third-order valence-corrected chi connectivity index (χ3v) is 3.12. The SMILES string of the molecule is CCNc1nc(-c2ccc(O)c(F)c2)nc(C)c1CC. The van der Waals surface area contributed by atoms with Crippen LogP contribution in [0.1, 0.15) is 25.1 Å². The molecular weight excluding hydrogens is 257 g/mol. The summed E-state index contributed by atoms with van der Waals surface area (Å²) in [6.07, 6.45) is 0.832. The van der Waals surface area contributed by atoms with Crippen molar-refractivity contribution in [2.45, 2.75) is 27.2 Å². The van der Waals surface area contributed by atoms with Crippen LogP contribution in [-0.4, -0.2) is 21.6 Å². The average Bonchev–Trinajstić information content (AvgIpc) is 2.42. The van der Waals surface area contributed by atoms with Gasteiger partial charge in [0.2, 0.25) is 0 Å². The van der Waals surface area contributed by atoms with Crippen LogP contribution in [0.4, 0.5) is 10.2 Å². The molecule has 0 saturated carbocycles. The van der Waals surface area contributed by atoms with Gasteiger partial charge in [0.25, 0.3) is 0 Å². The second kappa shape index (κ2) is 5.86. The number of phenolic OH excluding ortho intramolecular Hbond substituents is 1. The van der Waals surface area contributed by atoms with Crippen LogP contribution in [-0.2, 0) is 6.42 Å². The van der Waals surface area contributed by atoms with Crippen molar-refractivity contribution in [2.75, 3.05) is 11.9 Å². The molecule has 0 amide bonds. The lowest BCUT2D eigenvalue weighted by Crippen LogP contribution is -2.08. The summed E-state index contributed by atoms with van der Waals surface area (Å²) in [7, 11) is 0. The Morgan fingerprint density at radius 1 is 1.25 bits per heavy atom. The van der Waals surface area contributed by atoms with Crippen molar-refractivity contribution in [3.05, 3.63) is 35.3 Å². The lowest BCUT2D eigenvalue weighted by molar-refractivity contribution is 0.432. The normalized spacial score (nSPS) is 10.6. The molecule has 2 N–H and O–H groups in total. The van der Waals surface area contributed by atoms with Crippen molar-refractivity contribution in [3.63, 3.8) is 0 Å². The van der Waals surface area contributed by atoms with Gasteiger partial charge in [-0.15, -0.1) is 0 Å². The molecule has 0 aliphatic heterocycles. The zero-order chi connectivity index (χ0) is 14.7. The summed E-state index contributed by atoms with van der Waals surface area (Å²) < 4.78 is 13.4. The minimum absolute atomic E-state index is 0.373. The first-order chi connectivity index (χ1) is 9.56. The van der Waals surface area contributed by atoms with Crippen LogP contribution in [0.5, 0.6) is 5.75 Å². The first-order valence-electron chi connectivity index (χ1n) is 6.67. The number of hydrogen-bond acceptors (Lipinski definition) is 4. The van der Waals surface area contributed by atoms with Gasteiger partial charge < -0.3 is 10.4 Å². The van der Waals surface area contributed by atoms with Crippen molar-refractivity contribution in [1.29, 1.82) is 0 Å². The van der Waals surface area contributed by atoms with Gasteiger partial charge in [0.05, 0.1) is 0 Å². The molecule has 0 radical (unpaired) electrons. The second-order valence-corrected chi connectivity index (χ2v) is 4.51. The topological polar surface area (TPSA) is 58.0 Å². The molecule has 1 aromatic heterocycles. The Balaban J connectivity index is 2.54. The van der Waals surface area contributed by atoms with Crippen molar-refractivity contribution < 1.29 is 9.50 Å². The fraction of sp³-hybridized carbons (Fsp3) is 0.333. The minimum Gasteiger partial charge on any atom is -0.505 e. The number of phenols is 1. The zero-order valence-electron chi connectivity index (χ0n) is 11.9. The number of nitrogens with zero attached hydrogens (tertiary/aromatic N) is 2. The molecule has 0 spiro atoms. The Morgan fingerprint density at radius 3 is 2.60 bits per heavy atom. The molecule has 0 atom stereocenters. The summed E-state index contributed by atoms with van der Waals surface area (Å²) in [5.74, 6) is 0.191. The molecule has 106 valence electrons. The van der Waals surface area contributed by atoms with Gasteiger partial charge in [-0.1, -0.05) is 6.92 Å². The maximum atomic E-state index is 13.4. The first kappa shape index (κ1) is 14.2. The van der Waals surface area contributed by atoms with Crippen molar-refractivity contribution in [2.24, 2.45) is 0 Å². The standard InChI is InChI=1S/C15H18FN3O/c1-4-11-9(3)18-14(19-15(11)17-5-2)10-6-7-13(20)12(16)8-10/h6-8,20H,4-5H2,1-3H3,(H,17,18,19). The van der Waals surface area contributed by atoms with E-state index in [4.69, 9.17) is 0 Å². The van der Waals surface area contributed by atoms with Crippen molar-refractivity contribution in [1.82, 2.24) is 9.97 Å². The van der Waals surface area contributed by atoms with E-state index in [9.17, 15) is 9.50 Å². The molecule has 0 aliphatic carbocycles. The highest BCUT2D eigenvalue weighted by atomic mass is 19.1. The van der Waals surface area contributed by atoms with Crippen LogP contribution >= 0.6 is 0 Å². The summed E-state index contributed by atoms with van der Waals surface area (Å²) in [5.41, 5.74) is 2.49. The lowest BCUT2D eigenvalue weighted by Gasteiger charge is -2.13. The van der Waals surface area contributed by atoms with Gasteiger partial charge >= 0.3 is 0 Å². The molecule has 4 nitrogen and oxygen atoms in total. The van der Waals surface area contributed by atoms with Gasteiger partial charge in [-0.05, 0) is 38.5 Å². The number of nitrogens with one attached hydrogen (secondary N) is 1. The van der Waals surface area contributed by atoms with E-state index in [-0.39, 0.29) is 5.75 Å². The molecule has 2 rings (SSSR count). The number of benzene rings is 1. The molecule has 2 aromatic rings. The van der Waals surface area contributed by atoms with Gasteiger partial charge in [-0.3, -0.25) is 0 Å². The highest BCUT2D eigenvalue weighted by molar-refractivity contribution is 5.61. The Bertz CT molecular complexity index is 629. The Labute approximate surface area is 117 Å². The first-order valence-corrected chi connectivity index (χ1v) is 6.67. The summed E-state index contributed by atoms with van der Waals surface area (Å²) >= 11 is 0. The molecule has 5 heteroatoms. The maximum absolute atomic E-state index is 13.4. The molecule has 1 aromatic carbocycles. The molecule has 0 fully saturated rings. The Morgan fingerprint density at radius 2 is 2.00 bits per heavy atom. The molecule has 1 heterocycles. The Kier molecular flexibility index (Phi) is 4.17. The van der Waals surface area contributed by atoms with Crippen molar-refractivity contribution in [3.8, 4) is 17.1 Å². The quantitative estimate of drug-likeness (QED) is 0.899. The third-order valence-electron chi connectivity index (χ3n) is 3.12. The maximum Gasteiger partial charge on any atom is 0.165 e. The van der Waals surface area contributed by atoms with E-state index in [0.29, 0.717) is 11.4 Å². The van der Waals surface area contributed by atoms with Gasteiger partial charge in [0.1, 0.15) is 5.82 Å². The fourth-order valence-electron chi connectivity index (χ4n) is 2.11. The van der Waals surface area contributed by atoms with Crippen LogP contribution in [0, 0.1) is 12.7 Å². The van der Waals surface area contributed by atoms with Gasteiger partial charge in [0, 0.05) is 23.4 Å². The molecule has 0 unspecified atom stereocenters. The average molecular weight is 275 g/mol. The zero-order valence-corrected chi connectivity index (χ0v) is 11.9. The van der Waals surface area contributed by atoms with Crippen LogP contribution in [0.15, 0.2) is 18.2 Å². The smallest absolute Gasteiger partial charge is 0.165 e. The van der Waals surface area contributed by atoms with Gasteiger partial charge in [-0.25, -0.2) is 14.4 Å². The van der Waals surface area contributed by atoms with Crippen LogP contribution in [0.25, 0.3) is 11.4 Å². The minimum atomic E-state index is -0.673. The molecule has 0 saturated heterocycles.